The Kier molecular flexibility index (Phi) is 7.11. The predicted octanol–water partition coefficient (Wildman–Crippen LogP) is 5.07. The third-order valence-corrected chi connectivity index (χ3v) is 7.57. The maximum Gasteiger partial charge on any atom is 0.278 e. The first-order valence-electron chi connectivity index (χ1n) is 13.5. The lowest BCUT2D eigenvalue weighted by Crippen LogP contribution is -2.32. The van der Waals surface area contributed by atoms with Crippen molar-refractivity contribution in [1.82, 2.24) is 29.6 Å². The Morgan fingerprint density at radius 2 is 1.92 bits per heavy atom. The lowest BCUT2D eigenvalue weighted by Gasteiger charge is -2.30. The van der Waals surface area contributed by atoms with Gasteiger partial charge < -0.3 is 10.1 Å². The van der Waals surface area contributed by atoms with Crippen molar-refractivity contribution in [2.45, 2.75) is 51.8 Å². The number of rotatable bonds is 6. The summed E-state index contributed by atoms with van der Waals surface area (Å²) in [6.07, 6.45) is 13.8. The Hall–Kier alpha value is -3.69. The molecule has 1 aromatic carbocycles. The Morgan fingerprint density at radius 1 is 1.03 bits per heavy atom. The molecule has 1 atom stereocenters. The van der Waals surface area contributed by atoms with E-state index in [2.05, 4.69) is 44.2 Å². The van der Waals surface area contributed by atoms with Gasteiger partial charge in [0.1, 0.15) is 0 Å². The molecule has 2 saturated heterocycles. The number of pyridine rings is 1. The predicted molar refractivity (Wildman–Crippen MR) is 145 cm³/mol. The smallest absolute Gasteiger partial charge is 0.278 e. The maximum absolute atomic E-state index is 13.4. The fourth-order valence-electron chi connectivity index (χ4n) is 5.37. The zero-order valence-electron chi connectivity index (χ0n) is 21.7. The van der Waals surface area contributed by atoms with E-state index >= 15 is 0 Å². The van der Waals surface area contributed by atoms with Crippen LogP contribution in [-0.4, -0.2) is 55.2 Å². The highest BCUT2D eigenvalue weighted by Crippen LogP contribution is 2.32. The molecular formula is C29H33N7O2. The number of benzene rings is 1. The molecule has 2 aliphatic rings. The fraction of sp³-hybridized carbons (Fsp3) is 0.414. The van der Waals surface area contributed by atoms with Gasteiger partial charge in [0.05, 0.1) is 11.7 Å². The van der Waals surface area contributed by atoms with E-state index in [0.29, 0.717) is 18.1 Å². The zero-order chi connectivity index (χ0) is 25.9. The quantitative estimate of drug-likeness (QED) is 0.386. The number of likely N-dealkylation sites (tertiary alicyclic amines) is 1. The average molecular weight is 512 g/mol. The molecule has 6 rings (SSSR count). The van der Waals surface area contributed by atoms with Gasteiger partial charge in [-0.1, -0.05) is 13.0 Å². The summed E-state index contributed by atoms with van der Waals surface area (Å²) < 4.78 is 7.88. The van der Waals surface area contributed by atoms with Gasteiger partial charge in [0, 0.05) is 48.9 Å². The number of ether oxygens (including phenoxy) is 1. The van der Waals surface area contributed by atoms with Crippen molar-refractivity contribution in [1.29, 1.82) is 0 Å². The Bertz CT molecular complexity index is 1410. The number of carbonyl (C=O) groups is 1. The molecule has 1 N–H and O–H groups in total. The number of amides is 1. The highest BCUT2D eigenvalue weighted by atomic mass is 16.5. The van der Waals surface area contributed by atoms with Crippen LogP contribution in [0.3, 0.4) is 0 Å². The summed E-state index contributed by atoms with van der Waals surface area (Å²) in [6, 6.07) is 8.36. The minimum absolute atomic E-state index is 0.188. The van der Waals surface area contributed by atoms with Gasteiger partial charge >= 0.3 is 0 Å². The van der Waals surface area contributed by atoms with Crippen molar-refractivity contribution in [2.24, 2.45) is 5.92 Å². The number of nitrogens with one attached hydrogen (secondary N) is 1. The normalized spacial score (nSPS) is 19.0. The van der Waals surface area contributed by atoms with E-state index in [-0.39, 0.29) is 12.1 Å². The van der Waals surface area contributed by atoms with Crippen LogP contribution in [0.5, 0.6) is 0 Å². The zero-order valence-corrected chi connectivity index (χ0v) is 21.7. The molecule has 1 unspecified atom stereocenters. The van der Waals surface area contributed by atoms with Crippen LogP contribution in [0.4, 0.5) is 5.82 Å². The number of anilines is 1. The molecule has 1 amide bonds. The van der Waals surface area contributed by atoms with Gasteiger partial charge in [0.25, 0.3) is 5.91 Å². The summed E-state index contributed by atoms with van der Waals surface area (Å²) >= 11 is 0. The van der Waals surface area contributed by atoms with Crippen LogP contribution in [0.15, 0.2) is 55.2 Å². The lowest BCUT2D eigenvalue weighted by molar-refractivity contribution is -0.0367. The molecule has 196 valence electrons. The van der Waals surface area contributed by atoms with Crippen LogP contribution in [0, 0.1) is 5.92 Å². The van der Waals surface area contributed by atoms with Crippen molar-refractivity contribution >= 4 is 22.6 Å². The fourth-order valence-corrected chi connectivity index (χ4v) is 5.37. The van der Waals surface area contributed by atoms with Crippen LogP contribution in [0.2, 0.25) is 0 Å². The van der Waals surface area contributed by atoms with Crippen LogP contribution in [-0.2, 0) is 11.3 Å². The molecule has 2 fully saturated rings. The first-order valence-corrected chi connectivity index (χ1v) is 13.5. The molecule has 9 nitrogen and oxygen atoms in total. The summed E-state index contributed by atoms with van der Waals surface area (Å²) in [5.41, 5.74) is 4.43. The van der Waals surface area contributed by atoms with E-state index in [4.69, 9.17) is 9.84 Å². The molecule has 2 aliphatic heterocycles. The lowest BCUT2D eigenvalue weighted by atomic mass is 9.98. The van der Waals surface area contributed by atoms with Crippen LogP contribution < -0.4 is 5.32 Å². The van der Waals surface area contributed by atoms with Gasteiger partial charge in [-0.05, 0) is 80.4 Å². The Labute approximate surface area is 222 Å². The SMILES string of the molecule is CC1CCN(Cc2cncc(-c3ccc4c(c3)c(C(=O)Nc3cnccn3)nn4C3CCCCO3)c2)CC1. The Morgan fingerprint density at radius 3 is 2.71 bits per heavy atom. The summed E-state index contributed by atoms with van der Waals surface area (Å²) in [4.78, 5) is 28.6. The van der Waals surface area contributed by atoms with Gasteiger partial charge in [-0.2, -0.15) is 5.10 Å². The number of piperidine rings is 1. The van der Waals surface area contributed by atoms with Gasteiger partial charge in [-0.25, -0.2) is 9.67 Å². The molecular weight excluding hydrogens is 478 g/mol. The third kappa shape index (κ3) is 5.30. The van der Waals surface area contributed by atoms with Gasteiger partial charge in [0.2, 0.25) is 0 Å². The molecule has 0 aliphatic carbocycles. The summed E-state index contributed by atoms with van der Waals surface area (Å²) in [5.74, 6) is 0.866. The van der Waals surface area contributed by atoms with Crippen molar-refractivity contribution < 1.29 is 9.53 Å². The highest BCUT2D eigenvalue weighted by molar-refractivity contribution is 6.11. The van der Waals surface area contributed by atoms with E-state index in [1.54, 1.807) is 12.4 Å². The highest BCUT2D eigenvalue weighted by Gasteiger charge is 2.25. The molecule has 4 aromatic rings. The van der Waals surface area contributed by atoms with E-state index in [0.717, 1.165) is 66.8 Å². The van der Waals surface area contributed by atoms with Crippen molar-refractivity contribution in [3.8, 4) is 11.1 Å². The van der Waals surface area contributed by atoms with Gasteiger partial charge in [-0.15, -0.1) is 0 Å². The first kappa shape index (κ1) is 24.6. The number of nitrogens with zero attached hydrogens (tertiary/aromatic N) is 6. The largest absolute Gasteiger partial charge is 0.356 e. The number of hydrogen-bond acceptors (Lipinski definition) is 7. The molecule has 5 heterocycles. The molecule has 0 bridgehead atoms. The van der Waals surface area contributed by atoms with Crippen molar-refractivity contribution in [2.75, 3.05) is 25.0 Å². The second-order valence-electron chi connectivity index (χ2n) is 10.4. The van der Waals surface area contributed by atoms with Gasteiger partial charge in [0.15, 0.2) is 17.7 Å². The monoisotopic (exact) mass is 511 g/mol. The number of aromatic nitrogens is 5. The third-order valence-electron chi connectivity index (χ3n) is 7.57. The summed E-state index contributed by atoms with van der Waals surface area (Å²) in [6.45, 7) is 6.19. The van der Waals surface area contributed by atoms with Crippen LogP contribution in [0.1, 0.15) is 61.3 Å². The van der Waals surface area contributed by atoms with Crippen LogP contribution in [0.25, 0.3) is 22.0 Å². The van der Waals surface area contributed by atoms with Gasteiger partial charge in [-0.3, -0.25) is 19.7 Å². The second-order valence-corrected chi connectivity index (χ2v) is 10.4. The molecule has 0 spiro atoms. The maximum atomic E-state index is 13.4. The molecule has 9 heteroatoms. The first-order chi connectivity index (χ1) is 18.6. The topological polar surface area (TPSA) is 98.1 Å². The average Bonchev–Trinajstić information content (AvgIpc) is 3.35. The van der Waals surface area contributed by atoms with Crippen LogP contribution >= 0.6 is 0 Å². The van der Waals surface area contributed by atoms with E-state index in [1.807, 2.05) is 29.2 Å². The molecule has 0 saturated carbocycles. The van der Waals surface area contributed by atoms with E-state index < -0.39 is 0 Å². The Balaban J connectivity index is 1.34. The standard InChI is InChI=1S/C29H33N7O2/c1-20-7-11-35(12-8-20)19-21-14-23(17-31-16-21)22-5-6-25-24(15-22)28(29(37)33-26-18-30-9-10-32-26)34-36(25)27-4-2-3-13-38-27/h5-6,9-10,14-18,20,27H,2-4,7-8,11-13,19H2,1H3,(H,32,33,37). The van der Waals surface area contributed by atoms with Crippen molar-refractivity contribution in [3.63, 3.8) is 0 Å². The minimum atomic E-state index is -0.326. The molecule has 3 aromatic heterocycles. The molecule has 0 radical (unpaired) electrons. The second kappa shape index (κ2) is 11.0. The minimum Gasteiger partial charge on any atom is -0.356 e. The summed E-state index contributed by atoms with van der Waals surface area (Å²) in [5, 5.41) is 8.36. The number of fused-ring (bicyclic) bond motifs is 1. The van der Waals surface area contributed by atoms with Crippen molar-refractivity contribution in [3.05, 3.63) is 66.5 Å². The van der Waals surface area contributed by atoms with E-state index in [9.17, 15) is 4.79 Å². The number of hydrogen-bond donors (Lipinski definition) is 1. The molecule has 38 heavy (non-hydrogen) atoms. The van der Waals surface area contributed by atoms with E-state index in [1.165, 1.54) is 24.6 Å². The summed E-state index contributed by atoms with van der Waals surface area (Å²) in [7, 11) is 0. The number of carbonyl (C=O) groups excluding carboxylic acids is 1.